The summed E-state index contributed by atoms with van der Waals surface area (Å²) in [6.45, 7) is 3.75. The number of hydrogen-bond acceptors (Lipinski definition) is 4. The zero-order valence-corrected chi connectivity index (χ0v) is 15.8. The number of aryl methyl sites for hydroxylation is 1. The molecule has 1 amide bonds. The molecule has 1 fully saturated rings. The second-order valence-electron chi connectivity index (χ2n) is 7.21. The first-order valence-corrected chi connectivity index (χ1v) is 9.51. The molecule has 0 radical (unpaired) electrons. The number of hydrogen-bond donors (Lipinski definition) is 1. The Balaban J connectivity index is 1.39. The lowest BCUT2D eigenvalue weighted by Crippen LogP contribution is -2.46. The Morgan fingerprint density at radius 3 is 2.59 bits per heavy atom. The van der Waals surface area contributed by atoms with Gasteiger partial charge in [-0.3, -0.25) is 9.69 Å². The van der Waals surface area contributed by atoms with Crippen molar-refractivity contribution in [3.63, 3.8) is 0 Å². The van der Waals surface area contributed by atoms with Crippen molar-refractivity contribution in [2.45, 2.75) is 31.7 Å². The second-order valence-corrected chi connectivity index (χ2v) is 7.21. The minimum Gasteiger partial charge on any atom is -0.331 e. The SMILES string of the molecule is C[C@H](C(=O)Nc1ccccn1)N1CCC(c2nc3ccccc3n2C)CC1. The van der Waals surface area contributed by atoms with Crippen LogP contribution in [0.1, 0.15) is 31.5 Å². The highest BCUT2D eigenvalue weighted by atomic mass is 16.2. The van der Waals surface area contributed by atoms with E-state index in [2.05, 4.69) is 45.0 Å². The third-order valence-electron chi connectivity index (χ3n) is 5.56. The lowest BCUT2D eigenvalue weighted by atomic mass is 9.95. The van der Waals surface area contributed by atoms with Crippen molar-refractivity contribution in [3.8, 4) is 0 Å². The Kier molecular flexibility index (Phi) is 4.90. The Bertz CT molecular complexity index is 928. The monoisotopic (exact) mass is 363 g/mol. The summed E-state index contributed by atoms with van der Waals surface area (Å²) < 4.78 is 2.22. The second kappa shape index (κ2) is 7.48. The highest BCUT2D eigenvalue weighted by molar-refractivity contribution is 5.93. The van der Waals surface area contributed by atoms with Gasteiger partial charge in [-0.15, -0.1) is 0 Å². The molecule has 0 unspecified atom stereocenters. The standard InChI is InChI=1S/C21H25N5O/c1-15(21(27)24-19-9-5-6-12-22-19)26-13-10-16(11-14-26)20-23-17-7-3-4-8-18(17)25(20)2/h3-9,12,15-16H,10-11,13-14H2,1-2H3,(H,22,24,27)/t15-/m1/s1. The topological polar surface area (TPSA) is 63.1 Å². The maximum Gasteiger partial charge on any atom is 0.242 e. The number of anilines is 1. The van der Waals surface area contributed by atoms with E-state index in [1.54, 1.807) is 6.20 Å². The van der Waals surface area contributed by atoms with E-state index < -0.39 is 0 Å². The largest absolute Gasteiger partial charge is 0.331 e. The fourth-order valence-electron chi connectivity index (χ4n) is 3.91. The number of likely N-dealkylation sites (tertiary alicyclic amines) is 1. The zero-order chi connectivity index (χ0) is 18.8. The number of aromatic nitrogens is 3. The van der Waals surface area contributed by atoms with E-state index in [0.29, 0.717) is 11.7 Å². The highest BCUT2D eigenvalue weighted by Gasteiger charge is 2.29. The van der Waals surface area contributed by atoms with Gasteiger partial charge in [0.2, 0.25) is 5.91 Å². The van der Waals surface area contributed by atoms with Gasteiger partial charge in [-0.2, -0.15) is 0 Å². The van der Waals surface area contributed by atoms with Crippen LogP contribution < -0.4 is 5.32 Å². The number of nitrogens with zero attached hydrogens (tertiary/aromatic N) is 4. The van der Waals surface area contributed by atoms with Gasteiger partial charge in [-0.05, 0) is 57.1 Å². The smallest absolute Gasteiger partial charge is 0.242 e. The third kappa shape index (κ3) is 3.57. The Morgan fingerprint density at radius 1 is 1.15 bits per heavy atom. The summed E-state index contributed by atoms with van der Waals surface area (Å²) in [4.78, 5) is 23.8. The van der Waals surface area contributed by atoms with Crippen LogP contribution in [0.3, 0.4) is 0 Å². The molecule has 1 aromatic carbocycles. The first kappa shape index (κ1) is 17.7. The van der Waals surface area contributed by atoms with Crippen LogP contribution in [0.5, 0.6) is 0 Å². The minimum atomic E-state index is -0.173. The molecule has 2 aromatic heterocycles. The molecule has 0 spiro atoms. The quantitative estimate of drug-likeness (QED) is 0.773. The molecule has 6 nitrogen and oxygen atoms in total. The van der Waals surface area contributed by atoms with E-state index in [4.69, 9.17) is 4.98 Å². The number of piperidine rings is 1. The van der Waals surface area contributed by atoms with Crippen LogP contribution in [0.2, 0.25) is 0 Å². The number of rotatable bonds is 4. The number of para-hydroxylation sites is 2. The number of amides is 1. The van der Waals surface area contributed by atoms with Crippen LogP contribution in [0.15, 0.2) is 48.7 Å². The summed E-state index contributed by atoms with van der Waals surface area (Å²) in [6, 6.07) is 13.6. The van der Waals surface area contributed by atoms with Gasteiger partial charge < -0.3 is 9.88 Å². The average molecular weight is 363 g/mol. The van der Waals surface area contributed by atoms with E-state index in [1.807, 2.05) is 31.2 Å². The summed E-state index contributed by atoms with van der Waals surface area (Å²) in [6.07, 6.45) is 3.71. The summed E-state index contributed by atoms with van der Waals surface area (Å²) in [5, 5.41) is 2.90. The summed E-state index contributed by atoms with van der Waals surface area (Å²) in [5.74, 6) is 2.19. The van der Waals surface area contributed by atoms with Crippen LogP contribution in [0.25, 0.3) is 11.0 Å². The van der Waals surface area contributed by atoms with E-state index in [-0.39, 0.29) is 11.9 Å². The molecule has 3 aromatic rings. The van der Waals surface area contributed by atoms with Crippen LogP contribution in [0.4, 0.5) is 5.82 Å². The van der Waals surface area contributed by atoms with Gasteiger partial charge >= 0.3 is 0 Å². The van der Waals surface area contributed by atoms with Crippen molar-refractivity contribution < 1.29 is 4.79 Å². The van der Waals surface area contributed by atoms with Crippen molar-refractivity contribution in [2.75, 3.05) is 18.4 Å². The molecular formula is C21H25N5O. The summed E-state index contributed by atoms with van der Waals surface area (Å²) >= 11 is 0. The lowest BCUT2D eigenvalue weighted by Gasteiger charge is -2.35. The van der Waals surface area contributed by atoms with Gasteiger partial charge in [0, 0.05) is 19.2 Å². The number of carbonyl (C=O) groups is 1. The average Bonchev–Trinajstić information content (AvgIpc) is 3.05. The predicted molar refractivity (Wildman–Crippen MR) is 107 cm³/mol. The predicted octanol–water partition coefficient (Wildman–Crippen LogP) is 3.17. The van der Waals surface area contributed by atoms with Gasteiger partial charge in [0.25, 0.3) is 0 Å². The number of carbonyl (C=O) groups excluding carboxylic acids is 1. The van der Waals surface area contributed by atoms with E-state index in [1.165, 1.54) is 5.52 Å². The normalized spacial score (nSPS) is 17.1. The number of imidazole rings is 1. The third-order valence-corrected chi connectivity index (χ3v) is 5.56. The van der Waals surface area contributed by atoms with Gasteiger partial charge in [0.05, 0.1) is 17.1 Å². The molecule has 1 atom stereocenters. The van der Waals surface area contributed by atoms with Gasteiger partial charge in [0.15, 0.2) is 0 Å². The maximum atomic E-state index is 12.5. The van der Waals surface area contributed by atoms with E-state index in [9.17, 15) is 4.79 Å². The molecule has 1 aliphatic heterocycles. The molecule has 0 saturated carbocycles. The summed E-state index contributed by atoms with van der Waals surface area (Å²) in [5.41, 5.74) is 2.23. The fraction of sp³-hybridized carbons (Fsp3) is 0.381. The van der Waals surface area contributed by atoms with Crippen molar-refractivity contribution in [3.05, 3.63) is 54.5 Å². The Labute approximate surface area is 159 Å². The first-order valence-electron chi connectivity index (χ1n) is 9.51. The Hall–Kier alpha value is -2.73. The van der Waals surface area contributed by atoms with Crippen molar-refractivity contribution >= 4 is 22.8 Å². The number of nitrogens with one attached hydrogen (secondary N) is 1. The number of fused-ring (bicyclic) bond motifs is 1. The van der Waals surface area contributed by atoms with E-state index >= 15 is 0 Å². The molecule has 0 bridgehead atoms. The van der Waals surface area contributed by atoms with Gasteiger partial charge in [0.1, 0.15) is 11.6 Å². The minimum absolute atomic E-state index is 0.00474. The van der Waals surface area contributed by atoms with Crippen LogP contribution >= 0.6 is 0 Å². The molecule has 3 heterocycles. The fourth-order valence-corrected chi connectivity index (χ4v) is 3.91. The molecular weight excluding hydrogens is 338 g/mol. The number of benzene rings is 1. The Morgan fingerprint density at radius 2 is 1.89 bits per heavy atom. The lowest BCUT2D eigenvalue weighted by molar-refractivity contribution is -0.121. The number of pyridine rings is 1. The van der Waals surface area contributed by atoms with Crippen molar-refractivity contribution in [2.24, 2.45) is 7.05 Å². The molecule has 1 aliphatic rings. The highest BCUT2D eigenvalue weighted by Crippen LogP contribution is 2.30. The van der Waals surface area contributed by atoms with Gasteiger partial charge in [-0.25, -0.2) is 9.97 Å². The van der Waals surface area contributed by atoms with Gasteiger partial charge in [-0.1, -0.05) is 18.2 Å². The first-order chi connectivity index (χ1) is 13.1. The molecule has 27 heavy (non-hydrogen) atoms. The van der Waals surface area contributed by atoms with Crippen LogP contribution in [-0.2, 0) is 11.8 Å². The molecule has 1 saturated heterocycles. The zero-order valence-electron chi connectivity index (χ0n) is 15.8. The van der Waals surface area contributed by atoms with Crippen LogP contribution in [0, 0.1) is 0 Å². The molecule has 1 N–H and O–H groups in total. The molecule has 140 valence electrons. The summed E-state index contributed by atoms with van der Waals surface area (Å²) in [7, 11) is 2.10. The van der Waals surface area contributed by atoms with Crippen molar-refractivity contribution in [1.29, 1.82) is 0 Å². The molecule has 4 rings (SSSR count). The molecule has 0 aliphatic carbocycles. The van der Waals surface area contributed by atoms with Crippen molar-refractivity contribution in [1.82, 2.24) is 19.4 Å². The van der Waals surface area contributed by atoms with E-state index in [0.717, 1.165) is 37.3 Å². The molecule has 6 heteroatoms. The maximum absolute atomic E-state index is 12.5. The van der Waals surface area contributed by atoms with Crippen LogP contribution in [-0.4, -0.2) is 44.5 Å².